The number of nitrogens with one attached hydrogen (secondary N) is 1. The van der Waals surface area contributed by atoms with Crippen molar-refractivity contribution in [2.24, 2.45) is 11.8 Å². The van der Waals surface area contributed by atoms with Crippen LogP contribution in [0.1, 0.15) is 16.3 Å². The molecule has 1 aromatic carbocycles. The first kappa shape index (κ1) is 16.5. The van der Waals surface area contributed by atoms with E-state index < -0.39 is 0 Å². The van der Waals surface area contributed by atoms with E-state index in [0.29, 0.717) is 24.9 Å². The molecule has 2 aliphatic heterocycles. The molecule has 132 valence electrons. The van der Waals surface area contributed by atoms with Gasteiger partial charge in [-0.05, 0) is 30.9 Å². The van der Waals surface area contributed by atoms with Crippen molar-refractivity contribution >= 4 is 17.2 Å². The molecule has 2 aliphatic rings. The zero-order chi connectivity index (χ0) is 17.2. The maximum atomic E-state index is 12.5. The number of hydrogen-bond acceptors (Lipinski definition) is 5. The van der Waals surface area contributed by atoms with Gasteiger partial charge in [-0.3, -0.25) is 4.79 Å². The van der Waals surface area contributed by atoms with Crippen molar-refractivity contribution in [1.82, 2.24) is 15.2 Å². The van der Waals surface area contributed by atoms with Crippen molar-refractivity contribution in [3.63, 3.8) is 0 Å². The Balaban J connectivity index is 1.29. The van der Waals surface area contributed by atoms with E-state index in [2.05, 4.69) is 17.2 Å². The normalized spacial score (nSPS) is 22.2. The van der Waals surface area contributed by atoms with Crippen LogP contribution >= 0.6 is 11.3 Å². The number of amides is 1. The van der Waals surface area contributed by atoms with Crippen molar-refractivity contribution in [2.75, 3.05) is 26.2 Å². The molecule has 5 nitrogen and oxygen atoms in total. The predicted octanol–water partition coefficient (Wildman–Crippen LogP) is 2.25. The first-order valence-electron chi connectivity index (χ1n) is 8.78. The lowest BCUT2D eigenvalue weighted by molar-refractivity contribution is -0.129. The molecule has 2 atom stereocenters. The minimum atomic E-state index is 0.200. The van der Waals surface area contributed by atoms with Gasteiger partial charge >= 0.3 is 0 Å². The van der Waals surface area contributed by atoms with Crippen molar-refractivity contribution in [1.29, 1.82) is 0 Å². The molecule has 3 heterocycles. The average Bonchev–Trinajstić information content (AvgIpc) is 3.30. The Hall–Kier alpha value is -1.92. The van der Waals surface area contributed by atoms with Gasteiger partial charge in [-0.2, -0.15) is 0 Å². The lowest BCUT2D eigenvalue weighted by Gasteiger charge is -2.16. The zero-order valence-corrected chi connectivity index (χ0v) is 15.2. The van der Waals surface area contributed by atoms with Crippen molar-refractivity contribution < 1.29 is 9.53 Å². The summed E-state index contributed by atoms with van der Waals surface area (Å²) in [6.07, 6.45) is 0.397. The first-order valence-corrected chi connectivity index (χ1v) is 9.66. The molecular formula is C19H23N3O2S. The molecule has 0 bridgehead atoms. The number of nitrogens with zero attached hydrogens (tertiary/aromatic N) is 2. The molecule has 1 aromatic heterocycles. The van der Waals surface area contributed by atoms with E-state index in [9.17, 15) is 4.79 Å². The second kappa shape index (κ2) is 7.14. The molecule has 0 aliphatic carbocycles. The van der Waals surface area contributed by atoms with Crippen LogP contribution in [-0.4, -0.2) is 42.0 Å². The van der Waals surface area contributed by atoms with E-state index in [-0.39, 0.29) is 5.91 Å². The summed E-state index contributed by atoms with van der Waals surface area (Å²) in [7, 11) is 0. The quantitative estimate of drug-likeness (QED) is 0.892. The third kappa shape index (κ3) is 3.85. The van der Waals surface area contributed by atoms with Crippen LogP contribution in [0.4, 0.5) is 0 Å². The first-order chi connectivity index (χ1) is 12.2. The van der Waals surface area contributed by atoms with Gasteiger partial charge in [0.2, 0.25) is 5.91 Å². The number of aryl methyl sites for hydroxylation is 1. The number of fused-ring (bicyclic) bond motifs is 1. The van der Waals surface area contributed by atoms with Crippen LogP contribution in [0.3, 0.4) is 0 Å². The fourth-order valence-electron chi connectivity index (χ4n) is 3.60. The van der Waals surface area contributed by atoms with E-state index in [1.165, 1.54) is 5.56 Å². The van der Waals surface area contributed by atoms with E-state index in [1.807, 2.05) is 34.5 Å². The summed E-state index contributed by atoms with van der Waals surface area (Å²) < 4.78 is 5.76. The number of rotatable bonds is 5. The molecule has 2 fully saturated rings. The molecule has 1 amide bonds. The molecule has 1 N–H and O–H groups in total. The maximum absolute atomic E-state index is 12.5. The monoisotopic (exact) mass is 357 g/mol. The summed E-state index contributed by atoms with van der Waals surface area (Å²) >= 11 is 1.56. The highest BCUT2D eigenvalue weighted by Gasteiger charge is 2.37. The van der Waals surface area contributed by atoms with Crippen LogP contribution in [-0.2, 0) is 17.8 Å². The minimum absolute atomic E-state index is 0.200. The molecular weight excluding hydrogens is 334 g/mol. The number of hydrogen-bond donors (Lipinski definition) is 1. The highest BCUT2D eigenvalue weighted by Crippen LogP contribution is 2.27. The van der Waals surface area contributed by atoms with Crippen molar-refractivity contribution in [3.05, 3.63) is 45.9 Å². The largest absolute Gasteiger partial charge is 0.486 e. The second-order valence-corrected chi connectivity index (χ2v) is 7.93. The standard InChI is InChI=1S/C19H23N3O2S/c1-13-2-4-17(5-3-13)24-11-18-21-16(12-25-18)6-19(23)22-9-14-7-20-8-15(14)10-22/h2-5,12,14-15,20H,6-11H2,1H3/t14-,15+. The van der Waals surface area contributed by atoms with Gasteiger partial charge < -0.3 is 15.0 Å². The molecule has 2 saturated heterocycles. The summed E-state index contributed by atoms with van der Waals surface area (Å²) in [5, 5.41) is 6.29. The maximum Gasteiger partial charge on any atom is 0.228 e. The Labute approximate surface area is 152 Å². The number of benzene rings is 1. The molecule has 6 heteroatoms. The number of aromatic nitrogens is 1. The minimum Gasteiger partial charge on any atom is -0.486 e. The van der Waals surface area contributed by atoms with Crippen LogP contribution < -0.4 is 10.1 Å². The molecule has 0 spiro atoms. The molecule has 0 unspecified atom stereocenters. The van der Waals surface area contributed by atoms with Gasteiger partial charge in [-0.25, -0.2) is 4.98 Å². The van der Waals surface area contributed by atoms with E-state index >= 15 is 0 Å². The van der Waals surface area contributed by atoms with E-state index in [4.69, 9.17) is 4.74 Å². The highest BCUT2D eigenvalue weighted by atomic mass is 32.1. The number of ether oxygens (including phenoxy) is 1. The number of carbonyl (C=O) groups excluding carboxylic acids is 1. The Morgan fingerprint density at radius 3 is 2.72 bits per heavy atom. The van der Waals surface area contributed by atoms with Gasteiger partial charge in [0.1, 0.15) is 17.4 Å². The Morgan fingerprint density at radius 1 is 1.28 bits per heavy atom. The summed E-state index contributed by atoms with van der Waals surface area (Å²) in [5.74, 6) is 2.32. The number of thiazole rings is 1. The number of carbonyl (C=O) groups is 1. The van der Waals surface area contributed by atoms with Gasteiger partial charge in [0.25, 0.3) is 0 Å². The van der Waals surface area contributed by atoms with E-state index in [0.717, 1.165) is 42.6 Å². The average molecular weight is 357 g/mol. The lowest BCUT2D eigenvalue weighted by atomic mass is 10.0. The van der Waals surface area contributed by atoms with Crippen LogP contribution in [0.15, 0.2) is 29.6 Å². The van der Waals surface area contributed by atoms with Gasteiger partial charge in [0.15, 0.2) is 0 Å². The predicted molar refractivity (Wildman–Crippen MR) is 97.8 cm³/mol. The van der Waals surface area contributed by atoms with E-state index in [1.54, 1.807) is 11.3 Å². The Kier molecular flexibility index (Phi) is 4.72. The van der Waals surface area contributed by atoms with Crippen LogP contribution in [0.25, 0.3) is 0 Å². The van der Waals surface area contributed by atoms with Gasteiger partial charge in [0, 0.05) is 31.6 Å². The lowest BCUT2D eigenvalue weighted by Crippen LogP contribution is -2.33. The smallest absolute Gasteiger partial charge is 0.228 e. The van der Waals surface area contributed by atoms with Gasteiger partial charge in [-0.15, -0.1) is 11.3 Å². The summed E-state index contributed by atoms with van der Waals surface area (Å²) in [6.45, 7) is 6.38. The van der Waals surface area contributed by atoms with Gasteiger partial charge in [0.05, 0.1) is 12.1 Å². The van der Waals surface area contributed by atoms with Crippen LogP contribution in [0.5, 0.6) is 5.75 Å². The van der Waals surface area contributed by atoms with Crippen molar-refractivity contribution in [2.45, 2.75) is 20.0 Å². The molecule has 0 radical (unpaired) electrons. The third-order valence-corrected chi connectivity index (χ3v) is 5.93. The molecule has 2 aromatic rings. The van der Waals surface area contributed by atoms with Crippen molar-refractivity contribution in [3.8, 4) is 5.75 Å². The second-order valence-electron chi connectivity index (χ2n) is 6.99. The van der Waals surface area contributed by atoms with Gasteiger partial charge in [-0.1, -0.05) is 17.7 Å². The topological polar surface area (TPSA) is 54.5 Å². The number of likely N-dealkylation sites (tertiary alicyclic amines) is 1. The van der Waals surface area contributed by atoms with Crippen LogP contribution in [0.2, 0.25) is 0 Å². The summed E-state index contributed by atoms with van der Waals surface area (Å²) in [4.78, 5) is 19.1. The summed E-state index contributed by atoms with van der Waals surface area (Å²) in [5.41, 5.74) is 2.07. The fraction of sp³-hybridized carbons (Fsp3) is 0.474. The Bertz CT molecular complexity index is 731. The molecule has 25 heavy (non-hydrogen) atoms. The Morgan fingerprint density at radius 2 is 2.00 bits per heavy atom. The van der Waals surface area contributed by atoms with Crippen LogP contribution in [0, 0.1) is 18.8 Å². The fourth-order valence-corrected chi connectivity index (χ4v) is 4.31. The SMILES string of the molecule is Cc1ccc(OCc2nc(CC(=O)N3C[C@H]4CNC[C@H]4C3)cs2)cc1. The molecule has 0 saturated carbocycles. The molecule has 4 rings (SSSR count). The summed E-state index contributed by atoms with van der Waals surface area (Å²) in [6, 6.07) is 7.99. The zero-order valence-electron chi connectivity index (χ0n) is 14.4. The third-order valence-electron chi connectivity index (χ3n) is 5.06. The highest BCUT2D eigenvalue weighted by molar-refractivity contribution is 7.09.